The van der Waals surface area contributed by atoms with Crippen molar-refractivity contribution in [2.45, 2.75) is 6.92 Å². The predicted octanol–water partition coefficient (Wildman–Crippen LogP) is 3.97. The van der Waals surface area contributed by atoms with E-state index in [0.29, 0.717) is 27.4 Å². The number of hydrogen-bond acceptors (Lipinski definition) is 7. The Hall–Kier alpha value is -3.11. The van der Waals surface area contributed by atoms with Gasteiger partial charge in [0, 0.05) is 5.56 Å². The third-order valence-corrected chi connectivity index (χ3v) is 5.74. The largest absolute Gasteiger partial charge is 0.478 e. The zero-order chi connectivity index (χ0) is 20.5. The van der Waals surface area contributed by atoms with Gasteiger partial charge >= 0.3 is 5.97 Å². The third kappa shape index (κ3) is 3.64. The summed E-state index contributed by atoms with van der Waals surface area (Å²) >= 11 is 2.56. The number of carbonyl (C=O) groups excluding carboxylic acids is 1. The summed E-state index contributed by atoms with van der Waals surface area (Å²) in [6.45, 7) is 1.98. The standard InChI is InChI=1S/C19H14N4O4S2/c1-2-28-19-22-29-18-21-16(24)13(15(20)23(18)19)9-12-7-8-14(27-12)10-3-5-11(6-4-10)17(25)26/h3-9,20H,2H2,1H3,(H,25,26)/b13-9-,20-15?. The summed E-state index contributed by atoms with van der Waals surface area (Å²) in [6.07, 6.45) is 1.48. The molecule has 0 aliphatic carbocycles. The van der Waals surface area contributed by atoms with E-state index >= 15 is 0 Å². The highest BCUT2D eigenvalue weighted by atomic mass is 32.2. The second kappa shape index (κ2) is 7.72. The number of amides is 1. The van der Waals surface area contributed by atoms with E-state index in [1.54, 1.807) is 29.2 Å². The number of nitrogens with one attached hydrogen (secondary N) is 1. The molecule has 0 atom stereocenters. The molecule has 0 saturated heterocycles. The molecule has 0 unspecified atom stereocenters. The maximum Gasteiger partial charge on any atom is 0.335 e. The maximum absolute atomic E-state index is 12.4. The van der Waals surface area contributed by atoms with Gasteiger partial charge < -0.3 is 9.52 Å². The minimum absolute atomic E-state index is 0.00783. The molecule has 0 fully saturated rings. The lowest BCUT2D eigenvalue weighted by molar-refractivity contribution is -0.114. The van der Waals surface area contributed by atoms with Crippen LogP contribution in [0, 0.1) is 5.41 Å². The number of aliphatic imine (C=N–C) groups is 1. The molecule has 29 heavy (non-hydrogen) atoms. The summed E-state index contributed by atoms with van der Waals surface area (Å²) in [5.74, 6) is 0.186. The average Bonchev–Trinajstić information content (AvgIpc) is 3.33. The van der Waals surface area contributed by atoms with Crippen LogP contribution in [0.15, 0.2) is 55.8 Å². The summed E-state index contributed by atoms with van der Waals surface area (Å²) in [4.78, 5) is 29.0. The van der Waals surface area contributed by atoms with Crippen LogP contribution < -0.4 is 0 Å². The fraction of sp³-hybridized carbons (Fsp3) is 0.105. The molecule has 2 aliphatic rings. The smallest absolute Gasteiger partial charge is 0.335 e. The van der Waals surface area contributed by atoms with Crippen molar-refractivity contribution in [2.24, 2.45) is 9.39 Å². The molecule has 4 rings (SSSR count). The van der Waals surface area contributed by atoms with Crippen LogP contribution in [0.25, 0.3) is 17.4 Å². The number of carbonyl (C=O) groups is 2. The first-order valence-corrected chi connectivity index (χ1v) is 10.3. The van der Waals surface area contributed by atoms with E-state index in [1.807, 2.05) is 6.92 Å². The van der Waals surface area contributed by atoms with Gasteiger partial charge in [-0.2, -0.15) is 9.39 Å². The minimum Gasteiger partial charge on any atom is -0.478 e. The van der Waals surface area contributed by atoms with Crippen LogP contribution in [0.2, 0.25) is 0 Å². The first-order valence-electron chi connectivity index (χ1n) is 8.53. The van der Waals surface area contributed by atoms with Crippen LogP contribution in [-0.2, 0) is 4.79 Å². The first kappa shape index (κ1) is 19.2. The Labute approximate surface area is 174 Å². The van der Waals surface area contributed by atoms with Gasteiger partial charge in [-0.25, -0.2) is 9.69 Å². The van der Waals surface area contributed by atoms with E-state index in [1.165, 1.54) is 30.0 Å². The number of rotatable bonds is 4. The number of thioether (sulfide) groups is 1. The number of nitrogens with zero attached hydrogens (tertiary/aromatic N) is 3. The summed E-state index contributed by atoms with van der Waals surface area (Å²) in [5, 5.41) is 18.4. The topological polar surface area (TPSA) is 119 Å². The lowest BCUT2D eigenvalue weighted by Gasteiger charge is -2.23. The molecule has 1 aromatic heterocycles. The Morgan fingerprint density at radius 1 is 1.31 bits per heavy atom. The van der Waals surface area contributed by atoms with Crippen LogP contribution in [-0.4, -0.2) is 43.8 Å². The van der Waals surface area contributed by atoms with Crippen LogP contribution >= 0.6 is 23.7 Å². The number of amidine groups is 3. The number of carboxylic acid groups (broad SMARTS) is 1. The number of furan rings is 1. The van der Waals surface area contributed by atoms with Crippen molar-refractivity contribution in [3.63, 3.8) is 0 Å². The Morgan fingerprint density at radius 3 is 2.76 bits per heavy atom. The normalized spacial score (nSPS) is 17.4. The van der Waals surface area contributed by atoms with Crippen molar-refractivity contribution < 1.29 is 19.1 Å². The molecule has 1 aromatic carbocycles. The average molecular weight is 426 g/mol. The second-order valence-electron chi connectivity index (χ2n) is 5.92. The molecular formula is C19H14N4O4S2. The van der Waals surface area contributed by atoms with Crippen molar-refractivity contribution in [1.29, 1.82) is 5.41 Å². The molecule has 0 saturated carbocycles. The van der Waals surface area contributed by atoms with Gasteiger partial charge in [-0.1, -0.05) is 30.8 Å². The molecular weight excluding hydrogens is 412 g/mol. The maximum atomic E-state index is 12.4. The zero-order valence-electron chi connectivity index (χ0n) is 15.1. The zero-order valence-corrected chi connectivity index (χ0v) is 16.7. The van der Waals surface area contributed by atoms with E-state index < -0.39 is 11.9 Å². The van der Waals surface area contributed by atoms with Gasteiger partial charge in [0.1, 0.15) is 17.4 Å². The molecule has 2 aliphatic heterocycles. The molecule has 2 N–H and O–H groups in total. The van der Waals surface area contributed by atoms with Gasteiger partial charge in [0.2, 0.25) is 5.17 Å². The van der Waals surface area contributed by atoms with Crippen LogP contribution in [0.1, 0.15) is 23.0 Å². The van der Waals surface area contributed by atoms with E-state index in [0.717, 1.165) is 17.7 Å². The monoisotopic (exact) mass is 426 g/mol. The molecule has 3 heterocycles. The number of hydrogen-bond donors (Lipinski definition) is 2. The molecule has 146 valence electrons. The molecule has 2 aromatic rings. The summed E-state index contributed by atoms with van der Waals surface area (Å²) < 4.78 is 10.0. The van der Waals surface area contributed by atoms with Gasteiger partial charge in [0.25, 0.3) is 5.91 Å². The van der Waals surface area contributed by atoms with E-state index in [-0.39, 0.29) is 17.0 Å². The first-order chi connectivity index (χ1) is 14.0. The molecule has 8 nitrogen and oxygen atoms in total. The summed E-state index contributed by atoms with van der Waals surface area (Å²) in [5.41, 5.74) is 1.00. The van der Waals surface area contributed by atoms with Gasteiger partial charge in [-0.05, 0) is 36.1 Å². The lowest BCUT2D eigenvalue weighted by atomic mass is 10.1. The predicted molar refractivity (Wildman–Crippen MR) is 114 cm³/mol. The van der Waals surface area contributed by atoms with Crippen molar-refractivity contribution in [3.05, 3.63) is 53.3 Å². The van der Waals surface area contributed by atoms with Gasteiger partial charge in [0.05, 0.1) is 23.1 Å². The summed E-state index contributed by atoms with van der Waals surface area (Å²) in [6, 6.07) is 9.69. The highest BCUT2D eigenvalue weighted by Crippen LogP contribution is 2.32. The molecule has 0 spiro atoms. The van der Waals surface area contributed by atoms with Crippen molar-refractivity contribution in [2.75, 3.05) is 5.75 Å². The third-order valence-electron chi connectivity index (χ3n) is 4.10. The molecule has 10 heteroatoms. The molecule has 0 bridgehead atoms. The van der Waals surface area contributed by atoms with E-state index in [2.05, 4.69) is 9.39 Å². The number of aromatic carboxylic acids is 1. The molecule has 1 amide bonds. The second-order valence-corrected chi connectivity index (χ2v) is 7.89. The minimum atomic E-state index is -1.00. The van der Waals surface area contributed by atoms with Crippen molar-refractivity contribution >= 4 is 57.8 Å². The van der Waals surface area contributed by atoms with Crippen LogP contribution in [0.4, 0.5) is 0 Å². The number of fused-ring (bicyclic) bond motifs is 1. The van der Waals surface area contributed by atoms with Crippen LogP contribution in [0.5, 0.6) is 0 Å². The van der Waals surface area contributed by atoms with E-state index in [9.17, 15) is 9.59 Å². The molecule has 0 radical (unpaired) electrons. The number of carboxylic acids is 1. The Morgan fingerprint density at radius 2 is 2.07 bits per heavy atom. The number of benzene rings is 1. The SMILES string of the molecule is CCSC1=NSC2=NC(=O)/C(=C\c3ccc(-c4ccc(C(=O)O)cc4)o3)C(=N)N12. The van der Waals surface area contributed by atoms with Gasteiger partial charge in [-0.3, -0.25) is 10.2 Å². The van der Waals surface area contributed by atoms with Gasteiger partial charge in [0.15, 0.2) is 5.17 Å². The Balaban J connectivity index is 1.61. The Bertz CT molecular complexity index is 1120. The highest BCUT2D eigenvalue weighted by Gasteiger charge is 2.37. The fourth-order valence-corrected chi connectivity index (χ4v) is 4.30. The quantitative estimate of drug-likeness (QED) is 0.561. The van der Waals surface area contributed by atoms with Crippen LogP contribution in [0.3, 0.4) is 0 Å². The van der Waals surface area contributed by atoms with Crippen molar-refractivity contribution in [1.82, 2.24) is 4.90 Å². The Kier molecular flexibility index (Phi) is 5.12. The van der Waals surface area contributed by atoms with E-state index in [4.69, 9.17) is 14.9 Å². The van der Waals surface area contributed by atoms with Gasteiger partial charge in [-0.15, -0.1) is 0 Å². The van der Waals surface area contributed by atoms with Crippen molar-refractivity contribution in [3.8, 4) is 11.3 Å². The highest BCUT2D eigenvalue weighted by molar-refractivity contribution is 8.19. The fourth-order valence-electron chi connectivity index (χ4n) is 2.73. The lowest BCUT2D eigenvalue weighted by Crippen LogP contribution is -2.41. The summed E-state index contributed by atoms with van der Waals surface area (Å²) in [7, 11) is 0.